The number of likely N-dealkylation sites (tertiary alicyclic amines) is 1. The lowest BCUT2D eigenvalue weighted by atomic mass is 9.98. The van der Waals surface area contributed by atoms with Crippen LogP contribution in [-0.4, -0.2) is 53.2 Å². The highest BCUT2D eigenvalue weighted by atomic mass is 16.5. The number of hydrogen-bond donors (Lipinski definition) is 0. The van der Waals surface area contributed by atoms with Crippen molar-refractivity contribution in [1.82, 2.24) is 9.91 Å². The summed E-state index contributed by atoms with van der Waals surface area (Å²) < 4.78 is 5.25. The molecule has 31 heavy (non-hydrogen) atoms. The van der Waals surface area contributed by atoms with Gasteiger partial charge in [-0.05, 0) is 37.4 Å². The lowest BCUT2D eigenvalue weighted by Gasteiger charge is -2.34. The maximum atomic E-state index is 13.4. The van der Waals surface area contributed by atoms with Gasteiger partial charge in [0, 0.05) is 6.42 Å². The first kappa shape index (κ1) is 21.2. The van der Waals surface area contributed by atoms with Crippen LogP contribution in [0.5, 0.6) is 0 Å². The smallest absolute Gasteiger partial charge is 0.323 e. The standard InChI is InChI=1S/C25H29N3O3/c1-2-31-25(30)22-15-9-10-16-27(22)18-24(29)28-23(20-13-7-4-8-14-20)17-21(26-28)19-11-5-3-6-12-19/h3-8,11-14,22-23H,2,9-10,15-18H2,1H3/t22-,23-/m0/s1. The van der Waals surface area contributed by atoms with Gasteiger partial charge >= 0.3 is 5.97 Å². The zero-order chi connectivity index (χ0) is 21.6. The van der Waals surface area contributed by atoms with Gasteiger partial charge in [-0.2, -0.15) is 5.10 Å². The van der Waals surface area contributed by atoms with E-state index in [2.05, 4.69) is 0 Å². The van der Waals surface area contributed by atoms with Crippen molar-refractivity contribution >= 4 is 17.6 Å². The maximum absolute atomic E-state index is 13.4. The van der Waals surface area contributed by atoms with E-state index in [9.17, 15) is 9.59 Å². The van der Waals surface area contributed by atoms with Gasteiger partial charge in [-0.15, -0.1) is 0 Å². The van der Waals surface area contributed by atoms with Gasteiger partial charge in [0.15, 0.2) is 0 Å². The van der Waals surface area contributed by atoms with Crippen LogP contribution in [0.2, 0.25) is 0 Å². The number of piperidine rings is 1. The summed E-state index contributed by atoms with van der Waals surface area (Å²) in [7, 11) is 0. The van der Waals surface area contributed by atoms with E-state index in [1.54, 1.807) is 5.01 Å². The van der Waals surface area contributed by atoms with E-state index in [4.69, 9.17) is 9.84 Å². The molecule has 2 heterocycles. The fourth-order valence-corrected chi connectivity index (χ4v) is 4.41. The summed E-state index contributed by atoms with van der Waals surface area (Å²) in [4.78, 5) is 27.8. The normalized spacial score (nSPS) is 21.6. The Labute approximate surface area is 183 Å². The molecule has 1 saturated heterocycles. The molecule has 0 aliphatic carbocycles. The molecule has 0 spiro atoms. The number of carbonyl (C=O) groups excluding carboxylic acids is 2. The predicted molar refractivity (Wildman–Crippen MR) is 119 cm³/mol. The number of amides is 1. The Hall–Kier alpha value is -2.99. The van der Waals surface area contributed by atoms with E-state index in [0.717, 1.165) is 36.1 Å². The molecule has 1 fully saturated rings. The summed E-state index contributed by atoms with van der Waals surface area (Å²) in [6.07, 6.45) is 3.35. The Kier molecular flexibility index (Phi) is 6.77. The summed E-state index contributed by atoms with van der Waals surface area (Å²) in [5.41, 5.74) is 3.00. The van der Waals surface area contributed by atoms with Crippen LogP contribution in [0, 0.1) is 0 Å². The number of esters is 1. The van der Waals surface area contributed by atoms with Gasteiger partial charge in [-0.3, -0.25) is 14.5 Å². The molecule has 2 aliphatic rings. The van der Waals surface area contributed by atoms with Crippen molar-refractivity contribution in [2.75, 3.05) is 19.7 Å². The van der Waals surface area contributed by atoms with E-state index >= 15 is 0 Å². The fraction of sp³-hybridized carbons (Fsp3) is 0.400. The number of rotatable bonds is 6. The van der Waals surface area contributed by atoms with Crippen molar-refractivity contribution in [3.63, 3.8) is 0 Å². The van der Waals surface area contributed by atoms with Crippen LogP contribution in [0.4, 0.5) is 0 Å². The molecule has 6 heteroatoms. The lowest BCUT2D eigenvalue weighted by molar-refractivity contribution is -0.152. The number of ether oxygens (including phenoxy) is 1. The highest BCUT2D eigenvalue weighted by Crippen LogP contribution is 2.33. The van der Waals surface area contributed by atoms with Crippen molar-refractivity contribution in [2.45, 2.75) is 44.7 Å². The third kappa shape index (κ3) is 4.85. The Balaban J connectivity index is 1.57. The topological polar surface area (TPSA) is 62.2 Å². The summed E-state index contributed by atoms with van der Waals surface area (Å²) in [6, 6.07) is 19.5. The van der Waals surface area contributed by atoms with Gasteiger partial charge in [0.2, 0.25) is 0 Å². The molecule has 4 rings (SSSR count). The van der Waals surface area contributed by atoms with Crippen molar-refractivity contribution < 1.29 is 14.3 Å². The zero-order valence-electron chi connectivity index (χ0n) is 17.9. The highest BCUT2D eigenvalue weighted by Gasteiger charge is 2.36. The van der Waals surface area contributed by atoms with Crippen molar-refractivity contribution in [2.24, 2.45) is 5.10 Å². The van der Waals surface area contributed by atoms with E-state index in [0.29, 0.717) is 19.6 Å². The third-order valence-electron chi connectivity index (χ3n) is 5.97. The molecule has 162 valence electrons. The SMILES string of the molecule is CCOC(=O)[C@@H]1CCCCN1CC(=O)N1N=C(c2ccccc2)C[C@H]1c1ccccc1. The van der Waals surface area contributed by atoms with Gasteiger partial charge in [-0.25, -0.2) is 5.01 Å². The molecule has 0 N–H and O–H groups in total. The second-order valence-corrected chi connectivity index (χ2v) is 8.02. The van der Waals surface area contributed by atoms with E-state index < -0.39 is 0 Å². The average Bonchev–Trinajstić information content (AvgIpc) is 3.26. The Bertz CT molecular complexity index is 930. The first-order valence-corrected chi connectivity index (χ1v) is 11.1. The number of benzene rings is 2. The minimum atomic E-state index is -0.354. The van der Waals surface area contributed by atoms with Crippen molar-refractivity contribution in [1.29, 1.82) is 0 Å². The van der Waals surface area contributed by atoms with Gasteiger partial charge in [0.25, 0.3) is 5.91 Å². The van der Waals surface area contributed by atoms with Crippen LogP contribution >= 0.6 is 0 Å². The van der Waals surface area contributed by atoms with Crippen LogP contribution in [0.15, 0.2) is 65.8 Å². The van der Waals surface area contributed by atoms with Gasteiger partial charge in [0.05, 0.1) is 24.9 Å². The number of carbonyl (C=O) groups is 2. The lowest BCUT2D eigenvalue weighted by Crippen LogP contribution is -2.49. The van der Waals surface area contributed by atoms with Crippen LogP contribution in [0.3, 0.4) is 0 Å². The van der Waals surface area contributed by atoms with Crippen molar-refractivity contribution in [3.05, 3.63) is 71.8 Å². The van der Waals surface area contributed by atoms with Crippen LogP contribution in [0.1, 0.15) is 49.8 Å². The number of hydrazone groups is 1. The van der Waals surface area contributed by atoms with E-state index in [1.165, 1.54) is 0 Å². The van der Waals surface area contributed by atoms with Crippen molar-refractivity contribution in [3.8, 4) is 0 Å². The molecule has 0 bridgehead atoms. The molecule has 2 atom stereocenters. The molecular weight excluding hydrogens is 390 g/mol. The fourth-order valence-electron chi connectivity index (χ4n) is 4.41. The Morgan fingerprint density at radius 3 is 2.45 bits per heavy atom. The highest BCUT2D eigenvalue weighted by molar-refractivity contribution is 6.03. The predicted octanol–water partition coefficient (Wildman–Crippen LogP) is 3.78. The molecule has 2 aliphatic heterocycles. The summed E-state index contributed by atoms with van der Waals surface area (Å²) in [5, 5.41) is 6.36. The molecule has 0 radical (unpaired) electrons. The summed E-state index contributed by atoms with van der Waals surface area (Å²) in [5.74, 6) is -0.319. The summed E-state index contributed by atoms with van der Waals surface area (Å²) in [6.45, 7) is 3.04. The van der Waals surface area contributed by atoms with Gasteiger partial charge in [-0.1, -0.05) is 67.1 Å². The van der Waals surface area contributed by atoms with E-state index in [-0.39, 0.29) is 30.5 Å². The Morgan fingerprint density at radius 1 is 1.03 bits per heavy atom. The summed E-state index contributed by atoms with van der Waals surface area (Å²) >= 11 is 0. The average molecular weight is 420 g/mol. The van der Waals surface area contributed by atoms with Crippen LogP contribution < -0.4 is 0 Å². The van der Waals surface area contributed by atoms with Crippen LogP contribution in [0.25, 0.3) is 0 Å². The quantitative estimate of drug-likeness (QED) is 0.669. The molecule has 0 unspecified atom stereocenters. The van der Waals surface area contributed by atoms with Gasteiger partial charge < -0.3 is 4.74 Å². The molecule has 1 amide bonds. The minimum absolute atomic E-state index is 0.0871. The zero-order valence-corrected chi connectivity index (χ0v) is 17.9. The molecule has 2 aromatic rings. The largest absolute Gasteiger partial charge is 0.465 e. The molecule has 0 saturated carbocycles. The molecular formula is C25H29N3O3. The second-order valence-electron chi connectivity index (χ2n) is 8.02. The van der Waals surface area contributed by atoms with E-state index in [1.807, 2.05) is 72.5 Å². The number of nitrogens with zero attached hydrogens (tertiary/aromatic N) is 3. The molecule has 6 nitrogen and oxygen atoms in total. The number of hydrogen-bond acceptors (Lipinski definition) is 5. The van der Waals surface area contributed by atoms with Gasteiger partial charge in [0.1, 0.15) is 6.04 Å². The molecule has 0 aromatic heterocycles. The van der Waals surface area contributed by atoms with Crippen LogP contribution in [-0.2, 0) is 14.3 Å². The maximum Gasteiger partial charge on any atom is 0.323 e. The first-order valence-electron chi connectivity index (χ1n) is 11.1. The monoisotopic (exact) mass is 419 g/mol. The Morgan fingerprint density at radius 2 is 1.74 bits per heavy atom. The first-order chi connectivity index (χ1) is 15.2. The minimum Gasteiger partial charge on any atom is -0.465 e. The third-order valence-corrected chi connectivity index (χ3v) is 5.97. The second kappa shape index (κ2) is 9.88. The molecule has 2 aromatic carbocycles.